The molecule has 1 aromatic heterocycles. The number of amides is 1. The number of carbonyl (C=O) groups is 2. The van der Waals surface area contributed by atoms with Crippen molar-refractivity contribution in [2.45, 2.75) is 59.4 Å². The van der Waals surface area contributed by atoms with Gasteiger partial charge in [-0.2, -0.15) is 9.78 Å². The van der Waals surface area contributed by atoms with Gasteiger partial charge in [0.2, 0.25) is 21.8 Å². The van der Waals surface area contributed by atoms with E-state index in [0.29, 0.717) is 5.69 Å². The number of ether oxygens (including phenoxy) is 1. The summed E-state index contributed by atoms with van der Waals surface area (Å²) in [7, 11) is -4.08. The van der Waals surface area contributed by atoms with Crippen LogP contribution in [0.15, 0.2) is 41.3 Å². The van der Waals surface area contributed by atoms with Crippen LogP contribution in [0.4, 0.5) is 5.69 Å². The first-order valence-corrected chi connectivity index (χ1v) is 13.2. The third-order valence-corrected chi connectivity index (χ3v) is 7.17. The number of aromatic nitrogens is 2. The monoisotopic (exact) mass is 528 g/mol. The van der Waals surface area contributed by atoms with Crippen molar-refractivity contribution in [3.63, 3.8) is 0 Å². The number of rotatable bonds is 9. The molecule has 0 radical (unpaired) electrons. The molecule has 11 heteroatoms. The summed E-state index contributed by atoms with van der Waals surface area (Å²) in [6, 6.07) is 9.48. The zero-order valence-electron chi connectivity index (χ0n) is 21.9. The Balaban J connectivity index is 2.22. The van der Waals surface area contributed by atoms with Gasteiger partial charge in [0.25, 0.3) is 0 Å². The molecule has 0 bridgehead atoms. The van der Waals surface area contributed by atoms with Crippen molar-refractivity contribution in [2.24, 2.45) is 5.92 Å². The number of nitrogens with one attached hydrogen (secondary N) is 2. The normalized spacial score (nSPS) is 11.7. The number of hydrogen-bond donors (Lipinski definition) is 3. The summed E-state index contributed by atoms with van der Waals surface area (Å²) in [5.74, 6) is -1.82. The maximum atomic E-state index is 13.3. The van der Waals surface area contributed by atoms with Gasteiger partial charge in [-0.15, -0.1) is 0 Å². The van der Waals surface area contributed by atoms with Crippen LogP contribution in [0.3, 0.4) is 0 Å². The van der Waals surface area contributed by atoms with Gasteiger partial charge in [-0.25, -0.2) is 17.9 Å². The number of carboxylic acids is 1. The molecule has 3 rings (SSSR count). The lowest BCUT2D eigenvalue weighted by atomic mass is 10.1. The van der Waals surface area contributed by atoms with Crippen LogP contribution in [-0.2, 0) is 14.8 Å². The second-order valence-corrected chi connectivity index (χ2v) is 11.2. The summed E-state index contributed by atoms with van der Waals surface area (Å²) in [6.07, 6.45) is 0. The highest BCUT2D eigenvalue weighted by molar-refractivity contribution is 7.89. The number of aryl methyl sites for hydroxylation is 2. The Morgan fingerprint density at radius 1 is 1.03 bits per heavy atom. The number of nitrogens with zero attached hydrogens (tertiary/aromatic N) is 2. The molecule has 1 heterocycles. The van der Waals surface area contributed by atoms with Crippen molar-refractivity contribution >= 4 is 27.6 Å². The Morgan fingerprint density at radius 3 is 2.30 bits per heavy atom. The molecule has 0 aliphatic rings. The Labute approximate surface area is 216 Å². The van der Waals surface area contributed by atoms with E-state index in [-0.39, 0.29) is 45.3 Å². The second kappa shape index (κ2) is 10.7. The molecule has 0 spiro atoms. The zero-order chi connectivity index (χ0) is 27.7. The van der Waals surface area contributed by atoms with Gasteiger partial charge < -0.3 is 15.2 Å². The Hall–Kier alpha value is -3.70. The third-order valence-electron chi connectivity index (χ3n) is 5.49. The van der Waals surface area contributed by atoms with Crippen LogP contribution in [0.2, 0.25) is 0 Å². The van der Waals surface area contributed by atoms with Gasteiger partial charge in [-0.1, -0.05) is 26.0 Å². The fourth-order valence-electron chi connectivity index (χ4n) is 3.56. The van der Waals surface area contributed by atoms with Crippen molar-refractivity contribution in [1.82, 2.24) is 14.5 Å². The van der Waals surface area contributed by atoms with Crippen LogP contribution in [0.1, 0.15) is 54.9 Å². The fraction of sp³-hybridized carbons (Fsp3) is 0.346. The molecule has 198 valence electrons. The van der Waals surface area contributed by atoms with E-state index in [4.69, 9.17) is 4.74 Å². The van der Waals surface area contributed by atoms with Crippen LogP contribution < -0.4 is 14.8 Å². The van der Waals surface area contributed by atoms with Crippen molar-refractivity contribution in [2.75, 3.05) is 5.32 Å². The Kier molecular flexibility index (Phi) is 8.09. The van der Waals surface area contributed by atoms with E-state index in [2.05, 4.69) is 15.1 Å². The highest BCUT2D eigenvalue weighted by atomic mass is 32.2. The molecular weight excluding hydrogens is 496 g/mol. The summed E-state index contributed by atoms with van der Waals surface area (Å²) in [5.41, 5.74) is 2.62. The van der Waals surface area contributed by atoms with E-state index in [1.807, 2.05) is 32.0 Å². The van der Waals surface area contributed by atoms with Crippen molar-refractivity contribution in [3.05, 3.63) is 58.8 Å². The van der Waals surface area contributed by atoms with Gasteiger partial charge in [0, 0.05) is 23.2 Å². The first-order valence-electron chi connectivity index (χ1n) is 11.8. The Morgan fingerprint density at radius 2 is 1.70 bits per heavy atom. The number of benzene rings is 2. The average Bonchev–Trinajstić information content (AvgIpc) is 3.11. The third kappa shape index (κ3) is 6.17. The molecule has 2 aromatic carbocycles. The summed E-state index contributed by atoms with van der Waals surface area (Å²) < 4.78 is 36.5. The quantitative estimate of drug-likeness (QED) is 0.370. The maximum Gasteiger partial charge on any atom is 0.356 e. The van der Waals surface area contributed by atoms with Gasteiger partial charge in [0.05, 0.1) is 5.69 Å². The molecule has 3 aromatic rings. The van der Waals surface area contributed by atoms with E-state index in [0.717, 1.165) is 11.1 Å². The van der Waals surface area contributed by atoms with Gasteiger partial charge >= 0.3 is 5.97 Å². The van der Waals surface area contributed by atoms with Crippen LogP contribution in [0.5, 0.6) is 11.6 Å². The molecule has 0 atom stereocenters. The van der Waals surface area contributed by atoms with E-state index in [1.165, 1.54) is 22.9 Å². The first kappa shape index (κ1) is 27.9. The fourth-order valence-corrected chi connectivity index (χ4v) is 4.96. The predicted octanol–water partition coefficient (Wildman–Crippen LogP) is 4.57. The maximum absolute atomic E-state index is 13.3. The molecule has 0 aliphatic heterocycles. The lowest BCUT2D eigenvalue weighted by Gasteiger charge is -2.17. The molecule has 10 nitrogen and oxygen atoms in total. The average molecular weight is 529 g/mol. The lowest BCUT2D eigenvalue weighted by Crippen LogP contribution is -2.30. The molecule has 0 fully saturated rings. The smallest absolute Gasteiger partial charge is 0.356 e. The summed E-state index contributed by atoms with van der Waals surface area (Å²) in [4.78, 5) is 23.9. The molecule has 3 N–H and O–H groups in total. The van der Waals surface area contributed by atoms with Crippen LogP contribution in [-0.4, -0.2) is 41.2 Å². The first-order chi connectivity index (χ1) is 17.2. The van der Waals surface area contributed by atoms with Crippen molar-refractivity contribution in [3.8, 4) is 17.3 Å². The highest BCUT2D eigenvalue weighted by Gasteiger charge is 2.27. The summed E-state index contributed by atoms with van der Waals surface area (Å²) in [6.45, 7) is 12.1. The minimum Gasteiger partial charge on any atom is -0.476 e. The standard InChI is InChI=1S/C26H32N4O6S/c1-14(2)24(31)27-19-10-11-21(22(13-19)37(34,35)29-15(3)4)36-25-18(7)23(26(32)33)28-30(25)20-12-16(5)8-9-17(20)6/h8-15,29H,1-7H3,(H,27,31)(H,32,33). The molecule has 0 saturated heterocycles. The Bertz CT molecular complexity index is 1460. The summed E-state index contributed by atoms with van der Waals surface area (Å²) >= 11 is 0. The van der Waals surface area contributed by atoms with Gasteiger partial charge in [0.15, 0.2) is 5.69 Å². The number of carbonyl (C=O) groups excluding carboxylic acids is 1. The highest BCUT2D eigenvalue weighted by Crippen LogP contribution is 2.36. The van der Waals surface area contributed by atoms with Gasteiger partial charge in [-0.3, -0.25) is 4.79 Å². The van der Waals surface area contributed by atoms with Crippen LogP contribution in [0, 0.1) is 26.7 Å². The SMILES string of the molecule is Cc1ccc(C)c(-n2nc(C(=O)O)c(C)c2Oc2ccc(NC(=O)C(C)C)cc2S(=O)(=O)NC(C)C)c1. The molecule has 0 aliphatic carbocycles. The number of hydrogen-bond acceptors (Lipinski definition) is 6. The van der Waals surface area contributed by atoms with Crippen LogP contribution in [0.25, 0.3) is 5.69 Å². The zero-order valence-corrected chi connectivity index (χ0v) is 22.7. The van der Waals surface area contributed by atoms with Crippen LogP contribution >= 0.6 is 0 Å². The number of carboxylic acid groups (broad SMARTS) is 1. The molecular formula is C26H32N4O6S. The van der Waals surface area contributed by atoms with Crippen molar-refractivity contribution in [1.29, 1.82) is 0 Å². The lowest BCUT2D eigenvalue weighted by molar-refractivity contribution is -0.118. The number of sulfonamides is 1. The second-order valence-electron chi connectivity index (χ2n) is 9.47. The summed E-state index contributed by atoms with van der Waals surface area (Å²) in [5, 5.41) is 16.7. The minimum atomic E-state index is -4.08. The van der Waals surface area contributed by atoms with Crippen molar-refractivity contribution < 1.29 is 27.9 Å². The van der Waals surface area contributed by atoms with Gasteiger partial charge in [0.1, 0.15) is 10.6 Å². The topological polar surface area (TPSA) is 140 Å². The number of anilines is 1. The minimum absolute atomic E-state index is 0.0535. The number of aromatic carboxylic acids is 1. The molecule has 1 amide bonds. The molecule has 0 saturated carbocycles. The van der Waals surface area contributed by atoms with E-state index < -0.39 is 22.0 Å². The molecule has 0 unspecified atom stereocenters. The van der Waals surface area contributed by atoms with E-state index in [1.54, 1.807) is 34.6 Å². The van der Waals surface area contributed by atoms with E-state index >= 15 is 0 Å². The van der Waals surface area contributed by atoms with E-state index in [9.17, 15) is 23.1 Å². The van der Waals surface area contributed by atoms with Gasteiger partial charge in [-0.05, 0) is 70.0 Å². The molecule has 37 heavy (non-hydrogen) atoms. The largest absolute Gasteiger partial charge is 0.476 e. The predicted molar refractivity (Wildman–Crippen MR) is 140 cm³/mol.